The van der Waals surface area contributed by atoms with E-state index >= 15 is 0 Å². The van der Waals surface area contributed by atoms with Crippen LogP contribution in [-0.2, 0) is 9.59 Å². The van der Waals surface area contributed by atoms with Gasteiger partial charge in [0.15, 0.2) is 0 Å². The number of benzene rings is 1. The summed E-state index contributed by atoms with van der Waals surface area (Å²) in [6.45, 7) is 3.61. The predicted molar refractivity (Wildman–Crippen MR) is 113 cm³/mol. The highest BCUT2D eigenvalue weighted by Gasteiger charge is 2.35. The minimum Gasteiger partial charge on any atom is -0.383 e. The van der Waals surface area contributed by atoms with Gasteiger partial charge in [0.05, 0.1) is 22.2 Å². The van der Waals surface area contributed by atoms with Crippen molar-refractivity contribution in [2.45, 2.75) is 38.5 Å². The van der Waals surface area contributed by atoms with E-state index in [2.05, 4.69) is 25.5 Å². The fourth-order valence-electron chi connectivity index (χ4n) is 3.78. The number of nitrogen functional groups attached to an aromatic ring is 1. The van der Waals surface area contributed by atoms with Crippen LogP contribution in [0.1, 0.15) is 42.7 Å². The van der Waals surface area contributed by atoms with Crippen molar-refractivity contribution in [1.29, 1.82) is 0 Å². The van der Waals surface area contributed by atoms with Crippen molar-refractivity contribution in [3.8, 4) is 0 Å². The summed E-state index contributed by atoms with van der Waals surface area (Å²) in [5.41, 5.74) is 8.15. The van der Waals surface area contributed by atoms with Gasteiger partial charge in [0.2, 0.25) is 17.8 Å². The molecule has 0 aliphatic carbocycles. The molecule has 1 fully saturated rings. The molecule has 4 N–H and O–H groups in total. The lowest BCUT2D eigenvalue weighted by molar-refractivity contribution is -0.123. The van der Waals surface area contributed by atoms with Crippen molar-refractivity contribution in [2.24, 2.45) is 0 Å². The lowest BCUT2D eigenvalue weighted by atomic mass is 9.91. The van der Waals surface area contributed by atoms with Crippen LogP contribution in [-0.4, -0.2) is 34.9 Å². The van der Waals surface area contributed by atoms with Gasteiger partial charge in [-0.05, 0) is 43.9 Å². The second-order valence-electron chi connectivity index (χ2n) is 7.50. The summed E-state index contributed by atoms with van der Waals surface area (Å²) in [7, 11) is 0. The molecular formula is C20H23ClN6O2. The van der Waals surface area contributed by atoms with Gasteiger partial charge in [-0.2, -0.15) is 9.97 Å². The average molecular weight is 415 g/mol. The molecule has 2 aliphatic rings. The maximum atomic E-state index is 13.0. The van der Waals surface area contributed by atoms with E-state index < -0.39 is 5.92 Å². The number of nitrogens with one attached hydrogen (secondary N) is 2. The number of aryl methyl sites for hydroxylation is 1. The molecule has 1 unspecified atom stereocenters. The zero-order chi connectivity index (χ0) is 20.5. The molecule has 0 spiro atoms. The zero-order valence-electron chi connectivity index (χ0n) is 16.2. The molecule has 2 aromatic rings. The monoisotopic (exact) mass is 414 g/mol. The summed E-state index contributed by atoms with van der Waals surface area (Å²) >= 11 is 6.23. The van der Waals surface area contributed by atoms with E-state index in [-0.39, 0.29) is 24.1 Å². The number of rotatable bonds is 3. The van der Waals surface area contributed by atoms with Crippen LogP contribution >= 0.6 is 11.6 Å². The molecule has 2 aliphatic heterocycles. The number of carbonyl (C=O) groups is 2. The van der Waals surface area contributed by atoms with Gasteiger partial charge in [-0.3, -0.25) is 9.59 Å². The minimum absolute atomic E-state index is 0.0288. The maximum Gasteiger partial charge on any atom is 0.232 e. The third kappa shape index (κ3) is 3.98. The Morgan fingerprint density at radius 1 is 1.28 bits per heavy atom. The van der Waals surface area contributed by atoms with Crippen LogP contribution in [0.3, 0.4) is 0 Å². The van der Waals surface area contributed by atoms with Gasteiger partial charge in [-0.25, -0.2) is 0 Å². The summed E-state index contributed by atoms with van der Waals surface area (Å²) < 4.78 is 0. The second kappa shape index (κ2) is 7.87. The molecular weight excluding hydrogens is 392 g/mol. The number of nitrogens with two attached hydrogens (primary N) is 1. The first-order valence-electron chi connectivity index (χ1n) is 9.71. The van der Waals surface area contributed by atoms with Crippen LogP contribution in [0.15, 0.2) is 18.2 Å². The van der Waals surface area contributed by atoms with Crippen molar-refractivity contribution in [3.63, 3.8) is 0 Å². The highest BCUT2D eigenvalue weighted by atomic mass is 35.5. The number of amides is 2. The number of anilines is 4. The zero-order valence-corrected chi connectivity index (χ0v) is 16.9. The van der Waals surface area contributed by atoms with Crippen LogP contribution in [0.4, 0.5) is 23.3 Å². The number of aromatic nitrogens is 2. The van der Waals surface area contributed by atoms with Gasteiger partial charge >= 0.3 is 0 Å². The molecule has 8 nitrogen and oxygen atoms in total. The number of fused-ring (bicyclic) bond motifs is 1. The first-order chi connectivity index (χ1) is 13.9. The van der Waals surface area contributed by atoms with E-state index in [1.165, 1.54) is 6.42 Å². The largest absolute Gasteiger partial charge is 0.383 e. The lowest BCUT2D eigenvalue weighted by Gasteiger charge is -2.30. The Labute approximate surface area is 173 Å². The van der Waals surface area contributed by atoms with Crippen molar-refractivity contribution in [1.82, 2.24) is 9.97 Å². The molecule has 0 radical (unpaired) electrons. The van der Waals surface area contributed by atoms with Crippen LogP contribution in [0, 0.1) is 6.92 Å². The quantitative estimate of drug-likeness (QED) is 0.711. The fourth-order valence-corrected chi connectivity index (χ4v) is 4.07. The lowest BCUT2D eigenvalue weighted by Crippen LogP contribution is -2.35. The van der Waals surface area contributed by atoms with Crippen molar-refractivity contribution < 1.29 is 9.59 Å². The highest BCUT2D eigenvalue weighted by Crippen LogP contribution is 2.37. The Bertz CT molecular complexity index is 974. The first kappa shape index (κ1) is 19.4. The molecule has 1 aromatic carbocycles. The molecule has 3 heterocycles. The summed E-state index contributed by atoms with van der Waals surface area (Å²) in [6, 6.07) is 5.35. The van der Waals surface area contributed by atoms with Gasteiger partial charge in [0.1, 0.15) is 11.6 Å². The van der Waals surface area contributed by atoms with Crippen molar-refractivity contribution in [2.75, 3.05) is 34.4 Å². The molecule has 0 saturated carbocycles. The Morgan fingerprint density at radius 2 is 2.03 bits per heavy atom. The van der Waals surface area contributed by atoms with Crippen LogP contribution < -0.4 is 21.3 Å². The number of nitrogens with zero attached hydrogens (tertiary/aromatic N) is 3. The summed E-state index contributed by atoms with van der Waals surface area (Å²) in [4.78, 5) is 36.3. The number of piperidine rings is 1. The van der Waals surface area contributed by atoms with Gasteiger partial charge < -0.3 is 21.3 Å². The molecule has 4 rings (SSSR count). The smallest absolute Gasteiger partial charge is 0.232 e. The molecule has 1 aromatic heterocycles. The van der Waals surface area contributed by atoms with E-state index in [9.17, 15) is 9.59 Å². The van der Waals surface area contributed by atoms with E-state index in [4.69, 9.17) is 17.3 Å². The van der Waals surface area contributed by atoms with Crippen molar-refractivity contribution >= 4 is 46.7 Å². The SMILES string of the molecule is Cc1ccc(NC(=O)C2CC(=O)Nc3nc(N4CCCCC4)nc(N)c32)c(Cl)c1. The molecule has 152 valence electrons. The standard InChI is InChI=1S/C20H23ClN6O2/c1-11-5-6-14(13(21)9-11)23-19(29)12-10-15(28)24-18-16(12)17(22)25-20(26-18)27-7-3-2-4-8-27/h5-6,9,12H,2-4,7-8,10H2,1H3,(H,23,29)(H3,22,24,25,26,28). The number of halogens is 1. The topological polar surface area (TPSA) is 113 Å². The van der Waals surface area contributed by atoms with Gasteiger partial charge in [0, 0.05) is 19.5 Å². The van der Waals surface area contributed by atoms with E-state index in [1.54, 1.807) is 12.1 Å². The number of hydrogen-bond donors (Lipinski definition) is 3. The Morgan fingerprint density at radius 3 is 2.76 bits per heavy atom. The molecule has 2 amide bonds. The second-order valence-corrected chi connectivity index (χ2v) is 7.90. The summed E-state index contributed by atoms with van der Waals surface area (Å²) in [6.07, 6.45) is 3.28. The summed E-state index contributed by atoms with van der Waals surface area (Å²) in [5, 5.41) is 5.98. The number of carbonyl (C=O) groups excluding carboxylic acids is 2. The average Bonchev–Trinajstić information content (AvgIpc) is 2.69. The predicted octanol–water partition coefficient (Wildman–Crippen LogP) is 3.08. The third-order valence-electron chi connectivity index (χ3n) is 5.30. The maximum absolute atomic E-state index is 13.0. The van der Waals surface area contributed by atoms with Crippen molar-refractivity contribution in [3.05, 3.63) is 34.3 Å². The molecule has 1 saturated heterocycles. The highest BCUT2D eigenvalue weighted by molar-refractivity contribution is 6.33. The van der Waals surface area contributed by atoms with E-state index in [0.29, 0.717) is 28.0 Å². The van der Waals surface area contributed by atoms with Gasteiger partial charge in [-0.1, -0.05) is 17.7 Å². The fraction of sp³-hybridized carbons (Fsp3) is 0.400. The molecule has 1 atom stereocenters. The molecule has 9 heteroatoms. The van der Waals surface area contributed by atoms with E-state index in [0.717, 1.165) is 31.5 Å². The van der Waals surface area contributed by atoms with Crippen LogP contribution in [0.2, 0.25) is 5.02 Å². The molecule has 0 bridgehead atoms. The van der Waals surface area contributed by atoms with Crippen LogP contribution in [0.25, 0.3) is 0 Å². The van der Waals surface area contributed by atoms with Gasteiger partial charge in [0.25, 0.3) is 0 Å². The Kier molecular flexibility index (Phi) is 5.27. The Balaban J connectivity index is 1.64. The molecule has 29 heavy (non-hydrogen) atoms. The minimum atomic E-state index is -0.786. The van der Waals surface area contributed by atoms with Gasteiger partial charge in [-0.15, -0.1) is 0 Å². The normalized spacial score (nSPS) is 18.8. The number of hydrogen-bond acceptors (Lipinski definition) is 6. The van der Waals surface area contributed by atoms with E-state index in [1.807, 2.05) is 13.0 Å². The summed E-state index contributed by atoms with van der Waals surface area (Å²) in [5.74, 6) is -0.422. The van der Waals surface area contributed by atoms with Crippen LogP contribution in [0.5, 0.6) is 0 Å². The first-order valence-corrected chi connectivity index (χ1v) is 10.1. The third-order valence-corrected chi connectivity index (χ3v) is 5.61. The Hall–Kier alpha value is -2.87.